The molecule has 6 heteroatoms. The number of fused-ring (bicyclic) bond motifs is 1. The minimum absolute atomic E-state index is 0.187. The fourth-order valence-corrected chi connectivity index (χ4v) is 7.98. The zero-order valence-corrected chi connectivity index (χ0v) is 26.6. The van der Waals surface area contributed by atoms with Gasteiger partial charge in [-0.2, -0.15) is 0 Å². The van der Waals surface area contributed by atoms with E-state index in [9.17, 15) is 9.59 Å². The number of para-hydroxylation sites is 1. The van der Waals surface area contributed by atoms with Crippen LogP contribution in [-0.2, 0) is 23.2 Å². The number of likely N-dealkylation sites (N-methyl/N-ethyl adjacent to an activating group) is 1. The minimum atomic E-state index is -1.11. The molecule has 2 atom stereocenters. The molecule has 46 heavy (non-hydrogen) atoms. The molecule has 0 spiro atoms. The molecule has 2 aliphatic heterocycles. The van der Waals surface area contributed by atoms with E-state index >= 15 is 0 Å². The number of imide groups is 1. The topological polar surface area (TPSA) is 49.9 Å². The molecule has 2 amide bonds. The monoisotopic (exact) mass is 624 g/mol. The summed E-state index contributed by atoms with van der Waals surface area (Å²) in [5.74, 6) is 0.614. The van der Waals surface area contributed by atoms with Gasteiger partial charge in [0.25, 0.3) is 5.24 Å². The van der Waals surface area contributed by atoms with Crippen molar-refractivity contribution >= 4 is 28.6 Å². The predicted octanol–water partition coefficient (Wildman–Crippen LogP) is 8.12. The maximum Gasteiger partial charge on any atom is 0.290 e. The third-order valence-electron chi connectivity index (χ3n) is 9.28. The van der Waals surface area contributed by atoms with E-state index in [1.165, 1.54) is 16.2 Å². The largest absolute Gasteiger partial charge is 0.491 e. The maximum absolute atomic E-state index is 14.4. The normalized spacial score (nSPS) is 18.0. The second kappa shape index (κ2) is 12.9. The van der Waals surface area contributed by atoms with Gasteiger partial charge in [0.1, 0.15) is 17.9 Å². The van der Waals surface area contributed by atoms with E-state index in [0.717, 1.165) is 52.6 Å². The molecule has 5 aromatic rings. The first-order chi connectivity index (χ1) is 22.6. The van der Waals surface area contributed by atoms with Gasteiger partial charge in [0.05, 0.1) is 11.3 Å². The zero-order chi connectivity index (χ0) is 31.5. The lowest BCUT2D eigenvalue weighted by atomic mass is 9.75. The van der Waals surface area contributed by atoms with Crippen LogP contribution in [0.5, 0.6) is 5.75 Å². The van der Waals surface area contributed by atoms with Crippen molar-refractivity contribution in [1.29, 1.82) is 0 Å². The number of amides is 2. The second-order valence-corrected chi connectivity index (χ2v) is 13.1. The van der Waals surface area contributed by atoms with Crippen molar-refractivity contribution in [2.75, 3.05) is 18.6 Å². The molecule has 0 bridgehead atoms. The van der Waals surface area contributed by atoms with Crippen LogP contribution >= 0.6 is 11.8 Å². The van der Waals surface area contributed by atoms with Gasteiger partial charge < -0.3 is 9.64 Å². The molecule has 5 aromatic carbocycles. The summed E-state index contributed by atoms with van der Waals surface area (Å²) in [6, 6.07) is 46.4. The maximum atomic E-state index is 14.4. The molecule has 0 aromatic heterocycles. The lowest BCUT2D eigenvalue weighted by Crippen LogP contribution is -2.51. The molecule has 7 rings (SSSR count). The average Bonchev–Trinajstić information content (AvgIpc) is 3.39. The molecule has 5 nitrogen and oxygen atoms in total. The third kappa shape index (κ3) is 5.47. The van der Waals surface area contributed by atoms with Crippen molar-refractivity contribution in [2.24, 2.45) is 0 Å². The first-order valence-corrected chi connectivity index (χ1v) is 16.7. The van der Waals surface area contributed by atoms with Crippen LogP contribution < -0.4 is 9.64 Å². The Morgan fingerprint density at radius 3 is 1.85 bits per heavy atom. The summed E-state index contributed by atoms with van der Waals surface area (Å²) in [4.78, 5) is 32.2. The van der Waals surface area contributed by atoms with Crippen molar-refractivity contribution < 1.29 is 14.3 Å². The number of ether oxygens (including phenoxy) is 1. The number of hydrogen-bond donors (Lipinski definition) is 0. The molecule has 1 fully saturated rings. The quantitative estimate of drug-likeness (QED) is 0.155. The Kier molecular flexibility index (Phi) is 8.37. The first kappa shape index (κ1) is 29.9. The van der Waals surface area contributed by atoms with Crippen molar-refractivity contribution in [2.45, 2.75) is 36.1 Å². The van der Waals surface area contributed by atoms with Crippen LogP contribution in [0.2, 0.25) is 0 Å². The standard InChI is InChI=1S/C40H36N2O3S/c1-41-34(24-23-30-13-11-12-20-36(30)41)28-45-35-25-21-29(22-26-35)27-37-38(43)42(39(44)46-37)40(31-14-5-2-6-15-31,32-16-7-3-8-17-32)33-18-9-4-10-19-33/h2-22,25-26,34,37H,23-24,27-28H2,1H3. The van der Waals surface area contributed by atoms with E-state index in [4.69, 9.17) is 4.74 Å². The summed E-state index contributed by atoms with van der Waals surface area (Å²) in [7, 11) is 2.14. The van der Waals surface area contributed by atoms with Crippen LogP contribution in [-0.4, -0.2) is 41.0 Å². The van der Waals surface area contributed by atoms with Gasteiger partial charge in [0, 0.05) is 12.7 Å². The van der Waals surface area contributed by atoms with E-state index in [2.05, 4.69) is 36.2 Å². The summed E-state index contributed by atoms with van der Waals surface area (Å²) in [6.45, 7) is 0.602. The van der Waals surface area contributed by atoms with Crippen molar-refractivity contribution in [3.63, 3.8) is 0 Å². The van der Waals surface area contributed by atoms with E-state index in [1.807, 2.05) is 115 Å². The fourth-order valence-electron chi connectivity index (χ4n) is 6.92. The highest BCUT2D eigenvalue weighted by Gasteiger charge is 2.53. The van der Waals surface area contributed by atoms with Crippen LogP contribution in [0.4, 0.5) is 10.5 Å². The third-order valence-corrected chi connectivity index (χ3v) is 10.3. The molecule has 0 saturated carbocycles. The summed E-state index contributed by atoms with van der Waals surface area (Å²) in [5, 5.41) is -0.782. The molecule has 0 N–H and O–H groups in total. The summed E-state index contributed by atoms with van der Waals surface area (Å²) >= 11 is 1.12. The number of nitrogens with zero attached hydrogens (tertiary/aromatic N) is 2. The van der Waals surface area contributed by atoms with Crippen LogP contribution in [0.15, 0.2) is 140 Å². The Hall–Kier alpha value is -4.81. The SMILES string of the molecule is CN1c2ccccc2CCC1COc1ccc(CC2SC(=O)N(C(c3ccccc3)(c3ccccc3)c3ccccc3)C2=O)cc1. The van der Waals surface area contributed by atoms with Gasteiger partial charge in [-0.15, -0.1) is 0 Å². The lowest BCUT2D eigenvalue weighted by molar-refractivity contribution is -0.129. The van der Waals surface area contributed by atoms with Gasteiger partial charge in [-0.25, -0.2) is 0 Å². The number of aryl methyl sites for hydroxylation is 1. The Labute approximate surface area is 274 Å². The Morgan fingerprint density at radius 1 is 0.717 bits per heavy atom. The lowest BCUT2D eigenvalue weighted by Gasteiger charge is -2.42. The number of anilines is 1. The van der Waals surface area contributed by atoms with E-state index in [0.29, 0.717) is 19.1 Å². The molecule has 230 valence electrons. The number of benzene rings is 5. The van der Waals surface area contributed by atoms with Gasteiger partial charge in [-0.3, -0.25) is 14.5 Å². The van der Waals surface area contributed by atoms with Crippen molar-refractivity contribution in [1.82, 2.24) is 4.90 Å². The minimum Gasteiger partial charge on any atom is -0.491 e. The fraction of sp³-hybridized carbons (Fsp3) is 0.200. The van der Waals surface area contributed by atoms with Gasteiger partial charge in [0.15, 0.2) is 0 Å². The van der Waals surface area contributed by atoms with Gasteiger partial charge >= 0.3 is 0 Å². The van der Waals surface area contributed by atoms with Crippen molar-refractivity contribution in [3.05, 3.63) is 167 Å². The second-order valence-electron chi connectivity index (χ2n) is 11.9. The smallest absolute Gasteiger partial charge is 0.290 e. The molecular formula is C40H36N2O3S. The van der Waals surface area contributed by atoms with E-state index < -0.39 is 10.8 Å². The van der Waals surface area contributed by atoms with Crippen LogP contribution in [0.3, 0.4) is 0 Å². The summed E-state index contributed by atoms with van der Waals surface area (Å²) < 4.78 is 6.23. The molecule has 2 heterocycles. The number of carbonyl (C=O) groups excluding carboxylic acids is 2. The van der Waals surface area contributed by atoms with Gasteiger partial charge in [-0.05, 0) is 65.3 Å². The Bertz CT molecular complexity index is 1720. The number of carbonyl (C=O) groups is 2. The number of rotatable bonds is 9. The molecular weight excluding hydrogens is 589 g/mol. The van der Waals surface area contributed by atoms with Gasteiger partial charge in [0.2, 0.25) is 5.91 Å². The molecule has 1 saturated heterocycles. The highest BCUT2D eigenvalue weighted by Crippen LogP contribution is 2.48. The average molecular weight is 625 g/mol. The summed E-state index contributed by atoms with van der Waals surface area (Å²) in [6.07, 6.45) is 2.55. The highest BCUT2D eigenvalue weighted by atomic mass is 32.2. The Balaban J connectivity index is 1.12. The van der Waals surface area contributed by atoms with E-state index in [1.54, 1.807) is 0 Å². The molecule has 2 aliphatic rings. The van der Waals surface area contributed by atoms with Crippen molar-refractivity contribution in [3.8, 4) is 5.75 Å². The zero-order valence-electron chi connectivity index (χ0n) is 25.8. The molecule has 2 unspecified atom stereocenters. The van der Waals surface area contributed by atoms with Crippen LogP contribution in [0.1, 0.15) is 34.2 Å². The molecule has 0 aliphatic carbocycles. The number of thioether (sulfide) groups is 1. The highest BCUT2D eigenvalue weighted by molar-refractivity contribution is 8.15. The molecule has 0 radical (unpaired) electrons. The van der Waals surface area contributed by atoms with Crippen LogP contribution in [0, 0.1) is 0 Å². The Morgan fingerprint density at radius 2 is 1.26 bits per heavy atom. The first-order valence-electron chi connectivity index (χ1n) is 15.8. The predicted molar refractivity (Wildman–Crippen MR) is 185 cm³/mol. The van der Waals surface area contributed by atoms with E-state index in [-0.39, 0.29) is 11.1 Å². The van der Waals surface area contributed by atoms with Gasteiger partial charge in [-0.1, -0.05) is 133 Å². The summed E-state index contributed by atoms with van der Waals surface area (Å²) in [5.41, 5.74) is 5.13. The van der Waals surface area contributed by atoms with Crippen LogP contribution in [0.25, 0.3) is 0 Å². The number of hydrogen-bond acceptors (Lipinski definition) is 5.